The van der Waals surface area contributed by atoms with E-state index in [1.165, 1.54) is 12.1 Å². The molecule has 0 aliphatic heterocycles. The lowest BCUT2D eigenvalue weighted by Gasteiger charge is -2.07. The first-order valence-corrected chi connectivity index (χ1v) is 5.25. The van der Waals surface area contributed by atoms with Crippen molar-refractivity contribution < 1.29 is 22.7 Å². The Balaban J connectivity index is 2.38. The molecule has 0 heterocycles. The van der Waals surface area contributed by atoms with E-state index in [1.54, 1.807) is 0 Å². The molecule has 0 aromatic heterocycles. The minimum Gasteiger partial charge on any atom is -0.468 e. The molecule has 0 atom stereocenters. The van der Waals surface area contributed by atoms with Crippen molar-refractivity contribution in [1.82, 2.24) is 0 Å². The summed E-state index contributed by atoms with van der Waals surface area (Å²) in [7, 11) is 0. The van der Waals surface area contributed by atoms with Gasteiger partial charge in [0.25, 0.3) is 6.47 Å². The summed E-state index contributed by atoms with van der Waals surface area (Å²) in [6.07, 6.45) is -2.12. The van der Waals surface area contributed by atoms with Crippen LogP contribution in [0.4, 0.5) is 13.2 Å². The Morgan fingerprint density at radius 2 is 1.76 bits per heavy atom. The summed E-state index contributed by atoms with van der Waals surface area (Å²) < 4.78 is 41.3. The van der Waals surface area contributed by atoms with Crippen molar-refractivity contribution in [3.8, 4) is 0 Å². The van der Waals surface area contributed by atoms with Gasteiger partial charge in [-0.15, -0.1) is 0 Å². The summed E-state index contributed by atoms with van der Waals surface area (Å²) in [5.74, 6) is 0. The van der Waals surface area contributed by atoms with Crippen LogP contribution in [0.2, 0.25) is 0 Å². The minimum atomic E-state index is -4.28. The van der Waals surface area contributed by atoms with Crippen LogP contribution in [-0.2, 0) is 22.1 Å². The first-order chi connectivity index (χ1) is 8.04. The van der Waals surface area contributed by atoms with Gasteiger partial charge in [-0.1, -0.05) is 12.1 Å². The third-order valence-electron chi connectivity index (χ3n) is 2.33. The highest BCUT2D eigenvalue weighted by Gasteiger charge is 2.29. The SMILES string of the molecule is O=COCCCCc1ccc(C(F)(F)F)cc1. The minimum absolute atomic E-state index is 0.351. The van der Waals surface area contributed by atoms with Gasteiger partial charge in [0.1, 0.15) is 0 Å². The molecule has 0 aliphatic carbocycles. The standard InChI is InChI=1S/C12H13F3O2/c13-12(14,15)11-6-4-10(5-7-11)3-1-2-8-17-9-16/h4-7,9H,1-3,8H2. The number of carbonyl (C=O) groups excluding carboxylic acids is 1. The molecule has 0 saturated carbocycles. The highest BCUT2D eigenvalue weighted by atomic mass is 19.4. The molecular formula is C12H13F3O2. The van der Waals surface area contributed by atoms with Crippen molar-refractivity contribution >= 4 is 6.47 Å². The average molecular weight is 246 g/mol. The van der Waals surface area contributed by atoms with Gasteiger partial charge in [0.2, 0.25) is 0 Å². The Bertz CT molecular complexity index is 344. The second kappa shape index (κ2) is 6.27. The number of alkyl halides is 3. The maximum atomic E-state index is 12.3. The maximum absolute atomic E-state index is 12.3. The zero-order chi connectivity index (χ0) is 12.7. The number of ether oxygens (including phenoxy) is 1. The average Bonchev–Trinajstić information content (AvgIpc) is 2.28. The molecule has 17 heavy (non-hydrogen) atoms. The molecule has 0 fully saturated rings. The molecule has 0 spiro atoms. The highest BCUT2D eigenvalue weighted by Crippen LogP contribution is 2.29. The molecule has 0 amide bonds. The second-order valence-electron chi connectivity index (χ2n) is 3.62. The molecule has 0 bridgehead atoms. The number of benzene rings is 1. The molecule has 2 nitrogen and oxygen atoms in total. The maximum Gasteiger partial charge on any atom is 0.416 e. The Morgan fingerprint density at radius 3 is 2.29 bits per heavy atom. The quantitative estimate of drug-likeness (QED) is 0.569. The van der Waals surface area contributed by atoms with E-state index in [2.05, 4.69) is 4.74 Å². The lowest BCUT2D eigenvalue weighted by Crippen LogP contribution is -2.04. The van der Waals surface area contributed by atoms with Crippen molar-refractivity contribution in [2.75, 3.05) is 6.61 Å². The Morgan fingerprint density at radius 1 is 1.12 bits per heavy atom. The van der Waals surface area contributed by atoms with E-state index in [-0.39, 0.29) is 0 Å². The lowest BCUT2D eigenvalue weighted by molar-refractivity contribution is -0.137. The van der Waals surface area contributed by atoms with Crippen LogP contribution in [0.3, 0.4) is 0 Å². The first-order valence-electron chi connectivity index (χ1n) is 5.25. The normalized spacial score (nSPS) is 11.2. The van der Waals surface area contributed by atoms with E-state index < -0.39 is 11.7 Å². The van der Waals surface area contributed by atoms with Gasteiger partial charge >= 0.3 is 6.18 Å². The molecule has 5 heteroatoms. The summed E-state index contributed by atoms with van der Waals surface area (Å²) in [4.78, 5) is 9.84. The summed E-state index contributed by atoms with van der Waals surface area (Å²) in [5, 5.41) is 0. The van der Waals surface area contributed by atoms with Crippen LogP contribution in [0.1, 0.15) is 24.0 Å². The van der Waals surface area contributed by atoms with Gasteiger partial charge in [0.05, 0.1) is 12.2 Å². The third-order valence-corrected chi connectivity index (χ3v) is 2.33. The molecule has 0 N–H and O–H groups in total. The van der Waals surface area contributed by atoms with Crippen LogP contribution < -0.4 is 0 Å². The van der Waals surface area contributed by atoms with Crippen molar-refractivity contribution in [1.29, 1.82) is 0 Å². The fourth-order valence-corrected chi connectivity index (χ4v) is 1.42. The number of hydrogen-bond donors (Lipinski definition) is 0. The molecular weight excluding hydrogens is 233 g/mol. The van der Waals surface area contributed by atoms with Crippen LogP contribution in [0.5, 0.6) is 0 Å². The molecule has 1 rings (SSSR count). The van der Waals surface area contributed by atoms with Crippen molar-refractivity contribution in [3.05, 3.63) is 35.4 Å². The van der Waals surface area contributed by atoms with Crippen LogP contribution >= 0.6 is 0 Å². The Kier molecular flexibility index (Phi) is 5.00. The van der Waals surface area contributed by atoms with Crippen LogP contribution in [0.15, 0.2) is 24.3 Å². The van der Waals surface area contributed by atoms with Crippen molar-refractivity contribution in [2.24, 2.45) is 0 Å². The van der Waals surface area contributed by atoms with Gasteiger partial charge in [-0.05, 0) is 37.0 Å². The van der Waals surface area contributed by atoms with Crippen molar-refractivity contribution in [3.63, 3.8) is 0 Å². The zero-order valence-electron chi connectivity index (χ0n) is 9.17. The predicted molar refractivity (Wildman–Crippen MR) is 56.4 cm³/mol. The third kappa shape index (κ3) is 4.89. The molecule has 1 aromatic rings. The van der Waals surface area contributed by atoms with Gasteiger partial charge < -0.3 is 4.74 Å². The van der Waals surface area contributed by atoms with E-state index in [4.69, 9.17) is 0 Å². The summed E-state index contributed by atoms with van der Waals surface area (Å²) in [6.45, 7) is 0.738. The van der Waals surface area contributed by atoms with E-state index in [0.29, 0.717) is 25.9 Å². The zero-order valence-corrected chi connectivity index (χ0v) is 9.17. The summed E-state index contributed by atoms with van der Waals surface area (Å²) in [5.41, 5.74) is 0.217. The fourth-order valence-electron chi connectivity index (χ4n) is 1.42. The molecule has 0 radical (unpaired) electrons. The van der Waals surface area contributed by atoms with Gasteiger partial charge in [0.15, 0.2) is 0 Å². The number of hydrogen-bond acceptors (Lipinski definition) is 2. The van der Waals surface area contributed by atoms with Gasteiger partial charge in [-0.3, -0.25) is 4.79 Å². The van der Waals surface area contributed by atoms with Gasteiger partial charge in [0, 0.05) is 0 Å². The lowest BCUT2D eigenvalue weighted by atomic mass is 10.1. The van der Waals surface area contributed by atoms with Crippen LogP contribution in [0, 0.1) is 0 Å². The monoisotopic (exact) mass is 246 g/mol. The number of rotatable bonds is 6. The highest BCUT2D eigenvalue weighted by molar-refractivity contribution is 5.36. The van der Waals surface area contributed by atoms with Crippen LogP contribution in [-0.4, -0.2) is 13.1 Å². The predicted octanol–water partition coefficient (Wildman–Crippen LogP) is 3.20. The van der Waals surface area contributed by atoms with E-state index in [9.17, 15) is 18.0 Å². The molecule has 1 aromatic carbocycles. The summed E-state index contributed by atoms with van der Waals surface area (Å²) in [6, 6.07) is 5.11. The molecule has 94 valence electrons. The smallest absolute Gasteiger partial charge is 0.416 e. The fraction of sp³-hybridized carbons (Fsp3) is 0.417. The summed E-state index contributed by atoms with van der Waals surface area (Å²) >= 11 is 0. The number of carbonyl (C=O) groups is 1. The number of aryl methyl sites for hydroxylation is 1. The molecule has 0 unspecified atom stereocenters. The largest absolute Gasteiger partial charge is 0.468 e. The topological polar surface area (TPSA) is 26.3 Å². The van der Waals surface area contributed by atoms with Gasteiger partial charge in [-0.2, -0.15) is 13.2 Å². The van der Waals surface area contributed by atoms with Crippen LogP contribution in [0.25, 0.3) is 0 Å². The Labute approximate surface area is 97.4 Å². The molecule has 0 saturated heterocycles. The first kappa shape index (κ1) is 13.5. The van der Waals surface area contributed by atoms with E-state index >= 15 is 0 Å². The van der Waals surface area contributed by atoms with Crippen molar-refractivity contribution in [2.45, 2.75) is 25.4 Å². The molecule has 0 aliphatic rings. The second-order valence-corrected chi connectivity index (χ2v) is 3.62. The Hall–Kier alpha value is -1.52. The number of unbranched alkanes of at least 4 members (excludes halogenated alkanes) is 1. The van der Waals surface area contributed by atoms with Gasteiger partial charge in [-0.25, -0.2) is 0 Å². The number of halogens is 3. The van der Waals surface area contributed by atoms with E-state index in [1.807, 2.05) is 0 Å². The van der Waals surface area contributed by atoms with E-state index in [0.717, 1.165) is 24.1 Å².